The Labute approximate surface area is 142 Å². The maximum absolute atomic E-state index is 12.1. The maximum atomic E-state index is 12.1. The van der Waals surface area contributed by atoms with E-state index in [1.807, 2.05) is 43.3 Å². The molecule has 2 aromatic rings. The van der Waals surface area contributed by atoms with Crippen molar-refractivity contribution in [2.45, 2.75) is 20.1 Å². The fraction of sp³-hybridized carbons (Fsp3) is 0.263. The summed E-state index contributed by atoms with van der Waals surface area (Å²) in [5.74, 6) is -0.479. The lowest BCUT2D eigenvalue weighted by atomic mass is 10.1. The summed E-state index contributed by atoms with van der Waals surface area (Å²) in [6.45, 7) is 2.70. The number of aryl methyl sites for hydroxylation is 1. The zero-order valence-corrected chi connectivity index (χ0v) is 14.0. The van der Waals surface area contributed by atoms with Crippen molar-refractivity contribution < 1.29 is 14.3 Å². The predicted octanol–water partition coefficient (Wildman–Crippen LogP) is 2.19. The highest BCUT2D eigenvalue weighted by Gasteiger charge is 2.10. The molecule has 0 aliphatic heterocycles. The van der Waals surface area contributed by atoms with Gasteiger partial charge in [-0.25, -0.2) is 0 Å². The highest BCUT2D eigenvalue weighted by molar-refractivity contribution is 5.97. The second-order valence-electron chi connectivity index (χ2n) is 5.48. The lowest BCUT2D eigenvalue weighted by Gasteiger charge is -2.11. The van der Waals surface area contributed by atoms with Crippen molar-refractivity contribution in [3.05, 3.63) is 70.8 Å². The minimum atomic E-state index is -0.247. The molecule has 0 spiro atoms. The zero-order valence-electron chi connectivity index (χ0n) is 14.0. The Kier molecular flexibility index (Phi) is 6.51. The lowest BCUT2D eigenvalue weighted by Crippen LogP contribution is -2.37. The average molecular weight is 326 g/mol. The molecule has 0 bridgehead atoms. The number of hydrogen-bond donors (Lipinski definition) is 2. The molecule has 0 fully saturated rings. The standard InChI is InChI=1S/C19H22N2O3/c1-14-7-3-6-10-17(14)19(23)21-12-18(22)20-11-15-8-4-5-9-16(15)13-24-2/h3-10H,11-13H2,1-2H3,(H,20,22)(H,21,23). The normalized spacial score (nSPS) is 10.2. The first-order chi connectivity index (χ1) is 11.6. The van der Waals surface area contributed by atoms with E-state index < -0.39 is 0 Å². The van der Waals surface area contributed by atoms with Crippen molar-refractivity contribution in [3.63, 3.8) is 0 Å². The van der Waals surface area contributed by atoms with Crippen LogP contribution in [-0.2, 0) is 22.7 Å². The van der Waals surface area contributed by atoms with Gasteiger partial charge in [-0.1, -0.05) is 42.5 Å². The van der Waals surface area contributed by atoms with Gasteiger partial charge in [0.15, 0.2) is 0 Å². The van der Waals surface area contributed by atoms with E-state index in [1.54, 1.807) is 19.2 Å². The minimum Gasteiger partial charge on any atom is -0.380 e. The van der Waals surface area contributed by atoms with Gasteiger partial charge < -0.3 is 15.4 Å². The van der Waals surface area contributed by atoms with E-state index >= 15 is 0 Å². The van der Waals surface area contributed by atoms with Crippen LogP contribution in [-0.4, -0.2) is 25.5 Å². The summed E-state index contributed by atoms with van der Waals surface area (Å²) in [6.07, 6.45) is 0. The summed E-state index contributed by atoms with van der Waals surface area (Å²) >= 11 is 0. The van der Waals surface area contributed by atoms with Crippen LogP contribution < -0.4 is 10.6 Å². The third-order valence-electron chi connectivity index (χ3n) is 3.69. The van der Waals surface area contributed by atoms with E-state index in [2.05, 4.69) is 10.6 Å². The maximum Gasteiger partial charge on any atom is 0.251 e. The van der Waals surface area contributed by atoms with Crippen LogP contribution in [0.3, 0.4) is 0 Å². The second-order valence-corrected chi connectivity index (χ2v) is 5.48. The second kappa shape index (κ2) is 8.84. The first kappa shape index (κ1) is 17.7. The monoisotopic (exact) mass is 326 g/mol. The van der Waals surface area contributed by atoms with Crippen LogP contribution in [0.25, 0.3) is 0 Å². The molecule has 0 atom stereocenters. The molecule has 2 N–H and O–H groups in total. The minimum absolute atomic E-state index is 0.0559. The fourth-order valence-corrected chi connectivity index (χ4v) is 2.37. The van der Waals surface area contributed by atoms with Gasteiger partial charge in [0.2, 0.25) is 5.91 Å². The number of rotatable bonds is 7. The van der Waals surface area contributed by atoms with E-state index in [9.17, 15) is 9.59 Å². The third-order valence-corrected chi connectivity index (χ3v) is 3.69. The van der Waals surface area contributed by atoms with Gasteiger partial charge in [-0.05, 0) is 29.7 Å². The van der Waals surface area contributed by atoms with Gasteiger partial charge in [-0.2, -0.15) is 0 Å². The molecule has 126 valence electrons. The largest absolute Gasteiger partial charge is 0.380 e. The van der Waals surface area contributed by atoms with Crippen LogP contribution in [0.15, 0.2) is 48.5 Å². The van der Waals surface area contributed by atoms with E-state index in [0.29, 0.717) is 18.7 Å². The lowest BCUT2D eigenvalue weighted by molar-refractivity contribution is -0.120. The van der Waals surface area contributed by atoms with Crippen LogP contribution in [0.1, 0.15) is 27.0 Å². The van der Waals surface area contributed by atoms with Crippen molar-refractivity contribution in [2.75, 3.05) is 13.7 Å². The van der Waals surface area contributed by atoms with Gasteiger partial charge >= 0.3 is 0 Å². The molecule has 2 aromatic carbocycles. The van der Waals surface area contributed by atoms with E-state index in [0.717, 1.165) is 16.7 Å². The fourth-order valence-electron chi connectivity index (χ4n) is 2.37. The van der Waals surface area contributed by atoms with E-state index in [-0.39, 0.29) is 18.4 Å². The number of hydrogen-bond acceptors (Lipinski definition) is 3. The van der Waals surface area contributed by atoms with Crippen molar-refractivity contribution in [1.82, 2.24) is 10.6 Å². The molecule has 0 radical (unpaired) electrons. The van der Waals surface area contributed by atoms with E-state index in [1.165, 1.54) is 0 Å². The molecule has 0 unspecified atom stereocenters. The van der Waals surface area contributed by atoms with Crippen molar-refractivity contribution in [2.24, 2.45) is 0 Å². The van der Waals surface area contributed by atoms with Crippen LogP contribution >= 0.6 is 0 Å². The Morgan fingerprint density at radius 3 is 2.33 bits per heavy atom. The summed E-state index contributed by atoms with van der Waals surface area (Å²) < 4.78 is 5.14. The number of carbonyl (C=O) groups is 2. The van der Waals surface area contributed by atoms with Crippen molar-refractivity contribution >= 4 is 11.8 Å². The van der Waals surface area contributed by atoms with Gasteiger partial charge in [0, 0.05) is 19.2 Å². The average Bonchev–Trinajstić information content (AvgIpc) is 2.59. The van der Waals surface area contributed by atoms with E-state index in [4.69, 9.17) is 4.74 Å². The number of ether oxygens (including phenoxy) is 1. The first-order valence-corrected chi connectivity index (χ1v) is 7.78. The number of methoxy groups -OCH3 is 1. The summed E-state index contributed by atoms with van der Waals surface area (Å²) in [5.41, 5.74) is 3.49. The molecule has 5 nitrogen and oxygen atoms in total. The first-order valence-electron chi connectivity index (χ1n) is 7.78. The molecule has 0 saturated carbocycles. The molecular formula is C19H22N2O3. The van der Waals surface area contributed by atoms with Gasteiger partial charge in [0.05, 0.1) is 13.2 Å². The zero-order chi connectivity index (χ0) is 17.4. The Morgan fingerprint density at radius 2 is 1.62 bits per heavy atom. The van der Waals surface area contributed by atoms with Gasteiger partial charge in [0.1, 0.15) is 0 Å². The number of carbonyl (C=O) groups excluding carboxylic acids is 2. The summed E-state index contributed by atoms with van der Waals surface area (Å²) in [7, 11) is 1.64. The Balaban J connectivity index is 1.84. The van der Waals surface area contributed by atoms with Crippen molar-refractivity contribution in [1.29, 1.82) is 0 Å². The topological polar surface area (TPSA) is 67.4 Å². The smallest absolute Gasteiger partial charge is 0.251 e. The molecule has 0 saturated heterocycles. The third kappa shape index (κ3) is 4.93. The van der Waals surface area contributed by atoms with Gasteiger partial charge in [-0.3, -0.25) is 9.59 Å². The quantitative estimate of drug-likeness (QED) is 0.819. The van der Waals surface area contributed by atoms with Crippen molar-refractivity contribution in [3.8, 4) is 0 Å². The molecular weight excluding hydrogens is 304 g/mol. The molecule has 5 heteroatoms. The van der Waals surface area contributed by atoms with Gasteiger partial charge in [0.25, 0.3) is 5.91 Å². The van der Waals surface area contributed by atoms with Gasteiger partial charge in [-0.15, -0.1) is 0 Å². The summed E-state index contributed by atoms with van der Waals surface area (Å²) in [5, 5.41) is 5.45. The molecule has 0 aromatic heterocycles. The SMILES string of the molecule is COCc1ccccc1CNC(=O)CNC(=O)c1ccccc1C. The van der Waals surface area contributed by atoms with Crippen LogP contribution in [0, 0.1) is 6.92 Å². The Bertz CT molecular complexity index is 713. The molecule has 0 aliphatic rings. The Morgan fingerprint density at radius 1 is 0.958 bits per heavy atom. The number of benzene rings is 2. The highest BCUT2D eigenvalue weighted by Crippen LogP contribution is 2.09. The summed E-state index contributed by atoms with van der Waals surface area (Å²) in [4.78, 5) is 24.0. The summed E-state index contributed by atoms with van der Waals surface area (Å²) in [6, 6.07) is 15.0. The number of nitrogens with one attached hydrogen (secondary N) is 2. The Hall–Kier alpha value is -2.66. The molecule has 0 aliphatic carbocycles. The predicted molar refractivity (Wildman–Crippen MR) is 92.5 cm³/mol. The molecule has 0 heterocycles. The van der Waals surface area contributed by atoms with Crippen LogP contribution in [0.5, 0.6) is 0 Å². The highest BCUT2D eigenvalue weighted by atomic mass is 16.5. The molecule has 24 heavy (non-hydrogen) atoms. The molecule has 2 rings (SSSR count). The number of amides is 2. The van der Waals surface area contributed by atoms with Crippen LogP contribution in [0.4, 0.5) is 0 Å². The van der Waals surface area contributed by atoms with Crippen LogP contribution in [0.2, 0.25) is 0 Å². The molecule has 2 amide bonds.